The number of aromatic amines is 1. The Morgan fingerprint density at radius 2 is 1.60 bits per heavy atom. The lowest BCUT2D eigenvalue weighted by atomic mass is 10.0. The van der Waals surface area contributed by atoms with Crippen molar-refractivity contribution in [3.8, 4) is 0 Å². The SMILES string of the molecule is CC(O)C(NC(=O)C(CCC(N)=O)NC(=O)C(Cc1c[nH]c2ccccc12)NC(=O)C(N)CCCCN)C(=O)O. The number of fused-ring (bicyclic) bond motifs is 1. The first-order chi connectivity index (χ1) is 18.9. The van der Waals surface area contributed by atoms with E-state index in [0.29, 0.717) is 31.4 Å². The predicted molar refractivity (Wildman–Crippen MR) is 146 cm³/mol. The summed E-state index contributed by atoms with van der Waals surface area (Å²) >= 11 is 0. The normalized spacial score (nSPS) is 14.9. The van der Waals surface area contributed by atoms with Crippen molar-refractivity contribution in [1.29, 1.82) is 0 Å². The molecule has 0 spiro atoms. The van der Waals surface area contributed by atoms with Gasteiger partial charge in [0.15, 0.2) is 6.04 Å². The van der Waals surface area contributed by atoms with Crippen molar-refractivity contribution < 1.29 is 34.2 Å². The number of aliphatic hydroxyl groups excluding tert-OH is 1. The summed E-state index contributed by atoms with van der Waals surface area (Å²) in [5.41, 5.74) is 18.3. The third-order valence-electron chi connectivity index (χ3n) is 6.40. The number of benzene rings is 1. The predicted octanol–water partition coefficient (Wildman–Crippen LogP) is -1.65. The fourth-order valence-corrected chi connectivity index (χ4v) is 4.12. The maximum absolute atomic E-state index is 13.5. The number of carbonyl (C=O) groups is 5. The van der Waals surface area contributed by atoms with E-state index in [4.69, 9.17) is 17.2 Å². The highest BCUT2D eigenvalue weighted by Gasteiger charge is 2.32. The van der Waals surface area contributed by atoms with Crippen molar-refractivity contribution in [3.63, 3.8) is 0 Å². The zero-order chi connectivity index (χ0) is 29.8. The van der Waals surface area contributed by atoms with Gasteiger partial charge in [-0.3, -0.25) is 19.2 Å². The van der Waals surface area contributed by atoms with Crippen LogP contribution < -0.4 is 33.2 Å². The van der Waals surface area contributed by atoms with Gasteiger partial charge in [-0.25, -0.2) is 4.79 Å². The first-order valence-corrected chi connectivity index (χ1v) is 13.1. The Morgan fingerprint density at radius 1 is 0.950 bits per heavy atom. The summed E-state index contributed by atoms with van der Waals surface area (Å²) in [5.74, 6) is -4.52. The third-order valence-corrected chi connectivity index (χ3v) is 6.40. The summed E-state index contributed by atoms with van der Waals surface area (Å²) in [5, 5.41) is 27.2. The van der Waals surface area contributed by atoms with Crippen LogP contribution in [0, 0.1) is 0 Å². The Hall–Kier alpha value is -4.01. The fraction of sp³-hybridized carbons (Fsp3) is 0.500. The number of aliphatic hydroxyl groups is 1. The molecule has 0 saturated heterocycles. The Morgan fingerprint density at radius 3 is 2.23 bits per heavy atom. The lowest BCUT2D eigenvalue weighted by Gasteiger charge is -2.25. The van der Waals surface area contributed by atoms with Gasteiger partial charge in [0.25, 0.3) is 0 Å². The Kier molecular flexibility index (Phi) is 12.5. The minimum Gasteiger partial charge on any atom is -0.480 e. The topological polar surface area (TPSA) is 256 Å². The molecule has 0 aliphatic heterocycles. The number of nitrogens with two attached hydrogens (primary N) is 3. The van der Waals surface area contributed by atoms with E-state index >= 15 is 0 Å². The molecule has 12 N–H and O–H groups in total. The molecule has 5 unspecified atom stereocenters. The summed E-state index contributed by atoms with van der Waals surface area (Å²) < 4.78 is 0. The molecule has 0 fully saturated rings. The van der Waals surface area contributed by atoms with E-state index in [1.165, 1.54) is 6.92 Å². The lowest BCUT2D eigenvalue weighted by Crippen LogP contribution is -2.58. The standard InChI is InChI=1S/C26H39N7O7/c1-14(34)22(26(39)40)33-24(37)19(9-10-21(29)35)31-25(38)20(32-23(36)17(28)7-4-5-11-27)12-15-13-30-18-8-3-2-6-16(15)18/h2-3,6,8,13-14,17,19-20,22,30,34H,4-5,7,9-12,27-28H2,1H3,(H2,29,35)(H,31,38)(H,32,36)(H,33,37)(H,39,40). The highest BCUT2D eigenvalue weighted by molar-refractivity contribution is 5.95. The van der Waals surface area contributed by atoms with Gasteiger partial charge in [0.05, 0.1) is 12.1 Å². The molecule has 0 bridgehead atoms. The van der Waals surface area contributed by atoms with E-state index in [1.807, 2.05) is 24.3 Å². The number of H-pyrrole nitrogens is 1. The molecule has 0 aliphatic rings. The van der Waals surface area contributed by atoms with Gasteiger partial charge < -0.3 is 48.3 Å². The van der Waals surface area contributed by atoms with Gasteiger partial charge in [0, 0.05) is 29.9 Å². The van der Waals surface area contributed by atoms with E-state index in [-0.39, 0.29) is 19.3 Å². The number of aliphatic carboxylic acids is 1. The van der Waals surface area contributed by atoms with Gasteiger partial charge in [-0.2, -0.15) is 0 Å². The minimum atomic E-state index is -1.66. The van der Waals surface area contributed by atoms with E-state index in [0.717, 1.165) is 10.9 Å². The summed E-state index contributed by atoms with van der Waals surface area (Å²) in [7, 11) is 0. The molecule has 0 aliphatic carbocycles. The summed E-state index contributed by atoms with van der Waals surface area (Å²) in [6, 6.07) is 2.24. The van der Waals surface area contributed by atoms with Gasteiger partial charge in [0.1, 0.15) is 12.1 Å². The molecule has 0 saturated carbocycles. The number of para-hydroxylation sites is 1. The Balaban J connectivity index is 2.30. The first-order valence-electron chi connectivity index (χ1n) is 13.1. The van der Waals surface area contributed by atoms with Crippen molar-refractivity contribution in [2.24, 2.45) is 17.2 Å². The molecule has 220 valence electrons. The number of hydrogen-bond acceptors (Lipinski definition) is 8. The molecule has 0 radical (unpaired) electrons. The highest BCUT2D eigenvalue weighted by Crippen LogP contribution is 2.19. The van der Waals surface area contributed by atoms with Gasteiger partial charge >= 0.3 is 5.97 Å². The average Bonchev–Trinajstić information content (AvgIpc) is 3.31. The zero-order valence-electron chi connectivity index (χ0n) is 22.4. The van der Waals surface area contributed by atoms with Gasteiger partial charge in [-0.15, -0.1) is 0 Å². The number of rotatable bonds is 17. The molecule has 2 rings (SSSR count). The van der Waals surface area contributed by atoms with Crippen LogP contribution in [0.4, 0.5) is 0 Å². The van der Waals surface area contributed by atoms with E-state index in [1.54, 1.807) is 6.20 Å². The molecular formula is C26H39N7O7. The van der Waals surface area contributed by atoms with Crippen molar-refractivity contribution in [1.82, 2.24) is 20.9 Å². The van der Waals surface area contributed by atoms with Crippen LogP contribution in [0.3, 0.4) is 0 Å². The fourth-order valence-electron chi connectivity index (χ4n) is 4.12. The van der Waals surface area contributed by atoms with Crippen molar-refractivity contribution >= 4 is 40.5 Å². The van der Waals surface area contributed by atoms with Gasteiger partial charge in [-0.1, -0.05) is 24.6 Å². The van der Waals surface area contributed by atoms with Crippen LogP contribution in [0.1, 0.15) is 44.6 Å². The van der Waals surface area contributed by atoms with Crippen LogP contribution in [-0.4, -0.2) is 81.6 Å². The quantitative estimate of drug-likeness (QED) is 0.100. The van der Waals surface area contributed by atoms with Crippen LogP contribution in [0.5, 0.6) is 0 Å². The molecule has 1 heterocycles. The molecule has 14 heteroatoms. The maximum Gasteiger partial charge on any atom is 0.328 e. The molecular weight excluding hydrogens is 522 g/mol. The van der Waals surface area contributed by atoms with Gasteiger partial charge in [0.2, 0.25) is 23.6 Å². The third kappa shape index (κ3) is 9.63. The second-order valence-corrected chi connectivity index (χ2v) is 9.65. The van der Waals surface area contributed by atoms with Crippen LogP contribution in [0.15, 0.2) is 30.5 Å². The van der Waals surface area contributed by atoms with E-state index in [9.17, 15) is 34.2 Å². The van der Waals surface area contributed by atoms with Crippen molar-refractivity contribution in [3.05, 3.63) is 36.0 Å². The van der Waals surface area contributed by atoms with E-state index < -0.39 is 59.9 Å². The molecule has 2 aromatic rings. The van der Waals surface area contributed by atoms with Gasteiger partial charge in [-0.05, 0) is 44.4 Å². The number of aromatic nitrogens is 1. The summed E-state index contributed by atoms with van der Waals surface area (Å²) in [6.07, 6.45) is 1.41. The minimum absolute atomic E-state index is 0.0344. The largest absolute Gasteiger partial charge is 0.480 e. The average molecular weight is 562 g/mol. The lowest BCUT2D eigenvalue weighted by molar-refractivity contribution is -0.145. The number of carboxylic acids is 1. The number of carboxylic acid groups (broad SMARTS) is 1. The van der Waals surface area contributed by atoms with Crippen molar-refractivity contribution in [2.45, 2.75) is 75.7 Å². The molecule has 1 aromatic carbocycles. The monoisotopic (exact) mass is 561 g/mol. The molecule has 1 aromatic heterocycles. The number of carbonyl (C=O) groups excluding carboxylic acids is 4. The highest BCUT2D eigenvalue weighted by atomic mass is 16.4. The van der Waals surface area contributed by atoms with Crippen LogP contribution in [0.25, 0.3) is 10.9 Å². The zero-order valence-corrected chi connectivity index (χ0v) is 22.4. The first kappa shape index (κ1) is 32.2. The summed E-state index contributed by atoms with van der Waals surface area (Å²) in [4.78, 5) is 65.3. The van der Waals surface area contributed by atoms with Crippen LogP contribution in [-0.2, 0) is 30.4 Å². The Bertz CT molecular complexity index is 1180. The van der Waals surface area contributed by atoms with Crippen LogP contribution >= 0.6 is 0 Å². The molecule has 14 nitrogen and oxygen atoms in total. The summed E-state index contributed by atoms with van der Waals surface area (Å²) in [6.45, 7) is 1.63. The van der Waals surface area contributed by atoms with E-state index in [2.05, 4.69) is 20.9 Å². The number of hydrogen-bond donors (Lipinski definition) is 9. The second-order valence-electron chi connectivity index (χ2n) is 9.65. The molecule has 4 amide bonds. The number of primary amides is 1. The van der Waals surface area contributed by atoms with Crippen LogP contribution in [0.2, 0.25) is 0 Å². The van der Waals surface area contributed by atoms with Crippen molar-refractivity contribution in [2.75, 3.05) is 6.54 Å². The number of unbranched alkanes of at least 4 members (excludes halogenated alkanes) is 1. The Labute approximate surface area is 231 Å². The molecule has 40 heavy (non-hydrogen) atoms. The smallest absolute Gasteiger partial charge is 0.328 e. The maximum atomic E-state index is 13.5. The molecule has 5 atom stereocenters. The number of nitrogens with one attached hydrogen (secondary N) is 4. The number of amides is 4. The second kappa shape index (κ2) is 15.5.